The van der Waals surface area contributed by atoms with Crippen molar-refractivity contribution in [2.75, 3.05) is 5.32 Å². The van der Waals surface area contributed by atoms with Gasteiger partial charge in [0.25, 0.3) is 5.56 Å². The highest BCUT2D eigenvalue weighted by Gasteiger charge is 2.24. The van der Waals surface area contributed by atoms with Gasteiger partial charge in [0.1, 0.15) is 6.04 Å². The Morgan fingerprint density at radius 3 is 2.66 bits per heavy atom. The van der Waals surface area contributed by atoms with Gasteiger partial charge < -0.3 is 5.32 Å². The minimum absolute atomic E-state index is 0.217. The van der Waals surface area contributed by atoms with Crippen LogP contribution in [0, 0.1) is 20.8 Å². The summed E-state index contributed by atoms with van der Waals surface area (Å²) in [6, 6.07) is 13.0. The van der Waals surface area contributed by atoms with Gasteiger partial charge in [0.05, 0.1) is 15.8 Å². The lowest BCUT2D eigenvalue weighted by atomic mass is 10.1. The predicted octanol–water partition coefficient (Wildman–Crippen LogP) is 5.13. The molecule has 1 amide bonds. The second-order valence-corrected chi connectivity index (χ2v) is 8.35. The molecule has 1 unspecified atom stereocenters. The van der Waals surface area contributed by atoms with Crippen LogP contribution in [0.1, 0.15) is 36.2 Å². The van der Waals surface area contributed by atoms with Gasteiger partial charge in [-0.2, -0.15) is 5.10 Å². The maximum absolute atomic E-state index is 13.4. The molecule has 0 radical (unpaired) electrons. The molecule has 148 valence electrons. The quantitative estimate of drug-likeness (QED) is 0.512. The fourth-order valence-corrected chi connectivity index (χ4v) is 4.80. The first kappa shape index (κ1) is 19.3. The van der Waals surface area contributed by atoms with E-state index in [2.05, 4.69) is 10.4 Å². The van der Waals surface area contributed by atoms with Crippen molar-refractivity contribution in [3.8, 4) is 0 Å². The third-order valence-corrected chi connectivity index (χ3v) is 6.73. The first-order chi connectivity index (χ1) is 13.9. The molecule has 2 aromatic heterocycles. The number of hydrogen-bond acceptors (Lipinski definition) is 4. The van der Waals surface area contributed by atoms with E-state index in [9.17, 15) is 9.59 Å². The van der Waals surface area contributed by atoms with E-state index in [1.54, 1.807) is 11.3 Å². The van der Waals surface area contributed by atoms with Crippen LogP contribution in [0.25, 0.3) is 20.2 Å². The van der Waals surface area contributed by atoms with E-state index in [-0.39, 0.29) is 11.5 Å². The van der Waals surface area contributed by atoms with E-state index in [0.717, 1.165) is 37.3 Å². The Labute approximate surface area is 173 Å². The van der Waals surface area contributed by atoms with E-state index < -0.39 is 6.04 Å². The van der Waals surface area contributed by atoms with Gasteiger partial charge >= 0.3 is 0 Å². The standard InChI is InChI=1S/C23H23N3O2S/c1-5-18(22(27)24-17-11-8-9-13(2)14(17)3)26-23(28)20-16-10-6-7-12-19(16)29-21(20)15(4)25-26/h6-12,18H,5H2,1-4H3,(H,24,27). The van der Waals surface area contributed by atoms with Crippen molar-refractivity contribution in [1.82, 2.24) is 9.78 Å². The summed E-state index contributed by atoms with van der Waals surface area (Å²) in [5.41, 5.74) is 3.43. The van der Waals surface area contributed by atoms with Gasteiger partial charge in [-0.3, -0.25) is 9.59 Å². The highest BCUT2D eigenvalue weighted by molar-refractivity contribution is 7.26. The number of carbonyl (C=O) groups is 1. The zero-order valence-corrected chi connectivity index (χ0v) is 17.8. The van der Waals surface area contributed by atoms with Crippen LogP contribution in [-0.4, -0.2) is 15.7 Å². The van der Waals surface area contributed by atoms with Crippen molar-refractivity contribution < 1.29 is 4.79 Å². The van der Waals surface area contributed by atoms with Crippen molar-refractivity contribution in [1.29, 1.82) is 0 Å². The van der Waals surface area contributed by atoms with Crippen molar-refractivity contribution in [3.05, 3.63) is 69.6 Å². The smallest absolute Gasteiger partial charge is 0.276 e. The number of aromatic nitrogens is 2. The van der Waals surface area contributed by atoms with Crippen LogP contribution in [0.2, 0.25) is 0 Å². The van der Waals surface area contributed by atoms with Gasteiger partial charge in [-0.15, -0.1) is 11.3 Å². The summed E-state index contributed by atoms with van der Waals surface area (Å²) in [5, 5.41) is 9.08. The van der Waals surface area contributed by atoms with Crippen molar-refractivity contribution in [3.63, 3.8) is 0 Å². The Hall–Kier alpha value is -2.99. The Kier molecular flexibility index (Phi) is 4.96. The molecule has 0 aliphatic carbocycles. The van der Waals surface area contributed by atoms with Crippen molar-refractivity contribution >= 4 is 43.1 Å². The molecule has 5 nitrogen and oxygen atoms in total. The van der Waals surface area contributed by atoms with Crippen LogP contribution in [0.5, 0.6) is 0 Å². The molecule has 1 N–H and O–H groups in total. The van der Waals surface area contributed by atoms with E-state index in [1.165, 1.54) is 4.68 Å². The summed E-state index contributed by atoms with van der Waals surface area (Å²) in [4.78, 5) is 26.5. The van der Waals surface area contributed by atoms with E-state index in [4.69, 9.17) is 0 Å². The number of hydrogen-bond donors (Lipinski definition) is 1. The number of aryl methyl sites for hydroxylation is 2. The fraction of sp³-hybridized carbons (Fsp3) is 0.261. The largest absolute Gasteiger partial charge is 0.324 e. The molecule has 0 bridgehead atoms. The Morgan fingerprint density at radius 1 is 1.14 bits per heavy atom. The molecule has 6 heteroatoms. The number of benzene rings is 2. The van der Waals surface area contributed by atoms with Crippen LogP contribution >= 0.6 is 11.3 Å². The third kappa shape index (κ3) is 3.23. The number of nitrogens with zero attached hydrogens (tertiary/aromatic N) is 2. The predicted molar refractivity (Wildman–Crippen MR) is 120 cm³/mol. The fourth-order valence-electron chi connectivity index (χ4n) is 3.66. The zero-order valence-electron chi connectivity index (χ0n) is 16.9. The maximum Gasteiger partial charge on any atom is 0.276 e. The van der Waals surface area contributed by atoms with E-state index >= 15 is 0 Å². The molecule has 0 fully saturated rings. The van der Waals surface area contributed by atoms with Crippen LogP contribution in [0.3, 0.4) is 0 Å². The molecule has 0 saturated heterocycles. The molecule has 0 saturated carbocycles. The van der Waals surface area contributed by atoms with Crippen LogP contribution in [0.4, 0.5) is 5.69 Å². The maximum atomic E-state index is 13.4. The molecule has 0 aliphatic heterocycles. The van der Waals surface area contributed by atoms with Gasteiger partial charge in [0.15, 0.2) is 0 Å². The first-order valence-corrected chi connectivity index (χ1v) is 10.5. The number of anilines is 1. The number of thiophene rings is 1. The van der Waals surface area contributed by atoms with Gasteiger partial charge in [-0.25, -0.2) is 4.68 Å². The van der Waals surface area contributed by atoms with E-state index in [1.807, 2.05) is 70.2 Å². The summed E-state index contributed by atoms with van der Waals surface area (Å²) < 4.78 is 3.30. The molecule has 0 spiro atoms. The monoisotopic (exact) mass is 405 g/mol. The van der Waals surface area contributed by atoms with Gasteiger partial charge in [-0.1, -0.05) is 37.3 Å². The third-order valence-electron chi connectivity index (χ3n) is 5.45. The molecule has 4 rings (SSSR count). The van der Waals surface area contributed by atoms with Gasteiger partial charge in [-0.05, 0) is 50.5 Å². The number of fused-ring (bicyclic) bond motifs is 3. The second-order valence-electron chi connectivity index (χ2n) is 7.30. The Morgan fingerprint density at radius 2 is 1.90 bits per heavy atom. The number of amides is 1. The molecule has 2 heterocycles. The van der Waals surface area contributed by atoms with Crippen LogP contribution in [-0.2, 0) is 4.79 Å². The van der Waals surface area contributed by atoms with Gasteiger partial charge in [0.2, 0.25) is 5.91 Å². The number of rotatable bonds is 4. The molecule has 1 atom stereocenters. The normalized spacial score (nSPS) is 12.4. The Bertz CT molecular complexity index is 1300. The topological polar surface area (TPSA) is 64.0 Å². The number of nitrogens with one attached hydrogen (secondary N) is 1. The lowest BCUT2D eigenvalue weighted by molar-refractivity contribution is -0.119. The summed E-state index contributed by atoms with van der Waals surface area (Å²) in [6.45, 7) is 7.77. The van der Waals surface area contributed by atoms with Crippen molar-refractivity contribution in [2.24, 2.45) is 0 Å². The SMILES string of the molecule is CCC(C(=O)Nc1cccc(C)c1C)n1nc(C)c2sc3ccccc3c2c1=O. The summed E-state index contributed by atoms with van der Waals surface area (Å²) in [7, 11) is 0. The molecular formula is C23H23N3O2S. The molecule has 0 aliphatic rings. The van der Waals surface area contributed by atoms with E-state index in [0.29, 0.717) is 11.8 Å². The number of carbonyl (C=O) groups excluding carboxylic acids is 1. The average Bonchev–Trinajstić information content (AvgIpc) is 3.10. The summed E-state index contributed by atoms with van der Waals surface area (Å²) in [5.74, 6) is -0.228. The van der Waals surface area contributed by atoms with Crippen LogP contribution < -0.4 is 10.9 Å². The average molecular weight is 406 g/mol. The zero-order chi connectivity index (χ0) is 20.7. The lowest BCUT2D eigenvalue weighted by Crippen LogP contribution is -2.35. The highest BCUT2D eigenvalue weighted by atomic mass is 32.1. The second kappa shape index (κ2) is 7.44. The Balaban J connectivity index is 1.82. The molecule has 4 aromatic rings. The first-order valence-electron chi connectivity index (χ1n) is 9.70. The minimum Gasteiger partial charge on any atom is -0.324 e. The molecule has 29 heavy (non-hydrogen) atoms. The van der Waals surface area contributed by atoms with Gasteiger partial charge in [0, 0.05) is 15.8 Å². The lowest BCUT2D eigenvalue weighted by Gasteiger charge is -2.19. The highest BCUT2D eigenvalue weighted by Crippen LogP contribution is 2.33. The van der Waals surface area contributed by atoms with Crippen molar-refractivity contribution in [2.45, 2.75) is 40.2 Å². The molecule has 2 aromatic carbocycles. The minimum atomic E-state index is -0.677. The summed E-state index contributed by atoms with van der Waals surface area (Å²) in [6.07, 6.45) is 0.469. The molecular weight excluding hydrogens is 382 g/mol. The van der Waals surface area contributed by atoms with Crippen LogP contribution in [0.15, 0.2) is 47.3 Å². The summed E-state index contributed by atoms with van der Waals surface area (Å²) >= 11 is 1.57.